The molecule has 1 amide bonds. The van der Waals surface area contributed by atoms with Crippen LogP contribution < -0.4 is 5.32 Å². The Kier molecular flexibility index (Phi) is 3.47. The summed E-state index contributed by atoms with van der Waals surface area (Å²) in [4.78, 5) is 18.3. The van der Waals surface area contributed by atoms with Gasteiger partial charge in [-0.15, -0.1) is 0 Å². The Balaban J connectivity index is 1.85. The van der Waals surface area contributed by atoms with Gasteiger partial charge >= 0.3 is 0 Å². The molecular weight excluding hydrogens is 254 g/mol. The van der Waals surface area contributed by atoms with Crippen molar-refractivity contribution in [3.63, 3.8) is 0 Å². The van der Waals surface area contributed by atoms with Crippen molar-refractivity contribution in [2.45, 2.75) is 6.92 Å². The fourth-order valence-corrected chi connectivity index (χ4v) is 2.41. The molecule has 6 heteroatoms. The molecule has 2 heterocycles. The monoisotopic (exact) mass is 271 g/mol. The molecule has 0 unspecified atom stereocenters. The topological polar surface area (TPSA) is 63.1 Å². The van der Waals surface area contributed by atoms with E-state index in [9.17, 15) is 4.79 Å². The molecule has 1 aromatic heterocycles. The second-order valence-corrected chi connectivity index (χ2v) is 4.88. The third-order valence-electron chi connectivity index (χ3n) is 3.53. The number of nitrogens with one attached hydrogen (secondary N) is 1. The van der Waals surface area contributed by atoms with Gasteiger partial charge in [-0.1, -0.05) is 0 Å². The van der Waals surface area contributed by atoms with Crippen LogP contribution in [-0.2, 0) is 0 Å². The van der Waals surface area contributed by atoms with Gasteiger partial charge in [0.1, 0.15) is 12.7 Å². The lowest BCUT2D eigenvalue weighted by molar-refractivity contribution is 0.0735. The van der Waals surface area contributed by atoms with Crippen molar-refractivity contribution in [3.8, 4) is 5.69 Å². The van der Waals surface area contributed by atoms with Crippen LogP contribution in [0.4, 0.5) is 0 Å². The first-order valence-corrected chi connectivity index (χ1v) is 6.71. The Morgan fingerprint density at radius 1 is 1.30 bits per heavy atom. The van der Waals surface area contributed by atoms with Crippen LogP contribution in [0.15, 0.2) is 30.9 Å². The van der Waals surface area contributed by atoms with Gasteiger partial charge in [-0.25, -0.2) is 9.67 Å². The van der Waals surface area contributed by atoms with E-state index < -0.39 is 0 Å². The lowest BCUT2D eigenvalue weighted by atomic mass is 10.1. The lowest BCUT2D eigenvalue weighted by Crippen LogP contribution is -2.46. The summed E-state index contributed by atoms with van der Waals surface area (Å²) in [5.74, 6) is 0.106. The molecule has 0 radical (unpaired) electrons. The van der Waals surface area contributed by atoms with Crippen LogP contribution >= 0.6 is 0 Å². The highest BCUT2D eigenvalue weighted by molar-refractivity contribution is 5.96. The molecule has 104 valence electrons. The molecule has 1 saturated heterocycles. The SMILES string of the molecule is Cc1cc(-n2cncn2)ccc1C(=O)N1CCNCC1. The van der Waals surface area contributed by atoms with Crippen LogP contribution in [0.3, 0.4) is 0 Å². The molecule has 1 aliphatic rings. The maximum atomic E-state index is 12.5. The van der Waals surface area contributed by atoms with Crippen LogP contribution in [0, 0.1) is 6.92 Å². The highest BCUT2D eigenvalue weighted by Crippen LogP contribution is 2.16. The zero-order chi connectivity index (χ0) is 13.9. The molecule has 0 bridgehead atoms. The van der Waals surface area contributed by atoms with Gasteiger partial charge in [0.15, 0.2) is 0 Å². The fraction of sp³-hybridized carbons (Fsp3) is 0.357. The molecule has 0 spiro atoms. The molecular formula is C14H17N5O. The number of piperazine rings is 1. The fourth-order valence-electron chi connectivity index (χ4n) is 2.41. The molecule has 0 atom stereocenters. The summed E-state index contributed by atoms with van der Waals surface area (Å²) in [6, 6.07) is 5.73. The molecule has 0 aliphatic carbocycles. The summed E-state index contributed by atoms with van der Waals surface area (Å²) in [7, 11) is 0. The average molecular weight is 271 g/mol. The molecule has 3 rings (SSSR count). The summed E-state index contributed by atoms with van der Waals surface area (Å²) in [6.07, 6.45) is 3.14. The number of nitrogens with zero attached hydrogens (tertiary/aromatic N) is 4. The lowest BCUT2D eigenvalue weighted by Gasteiger charge is -2.28. The smallest absolute Gasteiger partial charge is 0.254 e. The molecule has 1 N–H and O–H groups in total. The van der Waals surface area contributed by atoms with Crippen molar-refractivity contribution < 1.29 is 4.79 Å². The van der Waals surface area contributed by atoms with E-state index >= 15 is 0 Å². The van der Waals surface area contributed by atoms with E-state index in [0.717, 1.165) is 43.0 Å². The van der Waals surface area contributed by atoms with Crippen LogP contribution in [0.2, 0.25) is 0 Å². The molecule has 6 nitrogen and oxygen atoms in total. The van der Waals surface area contributed by atoms with E-state index in [1.165, 1.54) is 6.33 Å². The van der Waals surface area contributed by atoms with Gasteiger partial charge in [0, 0.05) is 31.7 Å². The number of carbonyl (C=O) groups excluding carboxylic acids is 1. The largest absolute Gasteiger partial charge is 0.336 e. The van der Waals surface area contributed by atoms with Gasteiger partial charge in [0.25, 0.3) is 5.91 Å². The van der Waals surface area contributed by atoms with Crippen molar-refractivity contribution in [2.24, 2.45) is 0 Å². The van der Waals surface area contributed by atoms with Gasteiger partial charge < -0.3 is 10.2 Å². The molecule has 2 aromatic rings. The number of aromatic nitrogens is 3. The Bertz CT molecular complexity index is 602. The van der Waals surface area contributed by atoms with Crippen LogP contribution in [-0.4, -0.2) is 51.8 Å². The number of carbonyl (C=O) groups is 1. The maximum absolute atomic E-state index is 12.5. The van der Waals surface area contributed by atoms with Gasteiger partial charge in [-0.05, 0) is 30.7 Å². The zero-order valence-electron chi connectivity index (χ0n) is 11.4. The molecule has 1 aromatic carbocycles. The van der Waals surface area contributed by atoms with E-state index in [4.69, 9.17) is 0 Å². The Hall–Kier alpha value is -2.21. The number of aryl methyl sites for hydroxylation is 1. The van der Waals surface area contributed by atoms with Gasteiger partial charge in [-0.2, -0.15) is 5.10 Å². The van der Waals surface area contributed by atoms with Gasteiger partial charge in [0.2, 0.25) is 0 Å². The van der Waals surface area contributed by atoms with Crippen molar-refractivity contribution in [1.82, 2.24) is 25.0 Å². The van der Waals surface area contributed by atoms with Crippen molar-refractivity contribution in [2.75, 3.05) is 26.2 Å². The number of amides is 1. The first-order chi connectivity index (χ1) is 9.75. The molecule has 1 aliphatic heterocycles. The minimum Gasteiger partial charge on any atom is -0.336 e. The first-order valence-electron chi connectivity index (χ1n) is 6.71. The predicted octanol–water partition coefficient (Wildman–Crippen LogP) is 0.621. The average Bonchev–Trinajstić information content (AvgIpc) is 3.01. The summed E-state index contributed by atoms with van der Waals surface area (Å²) >= 11 is 0. The summed E-state index contributed by atoms with van der Waals surface area (Å²) < 4.78 is 1.69. The van der Waals surface area contributed by atoms with E-state index in [-0.39, 0.29) is 5.91 Å². The third-order valence-corrected chi connectivity index (χ3v) is 3.53. The molecule has 1 fully saturated rings. The third kappa shape index (κ3) is 2.42. The van der Waals surface area contributed by atoms with Gasteiger partial charge in [-0.3, -0.25) is 4.79 Å². The standard InChI is InChI=1S/C14H17N5O/c1-11-8-12(19-10-16-9-17-19)2-3-13(11)14(20)18-6-4-15-5-7-18/h2-3,8-10,15H,4-7H2,1H3. The normalized spacial score (nSPS) is 15.3. The van der Waals surface area contributed by atoms with Crippen molar-refractivity contribution in [3.05, 3.63) is 42.0 Å². The Morgan fingerprint density at radius 2 is 2.10 bits per heavy atom. The summed E-state index contributed by atoms with van der Waals surface area (Å²) in [5.41, 5.74) is 2.63. The quantitative estimate of drug-likeness (QED) is 0.870. The zero-order valence-corrected chi connectivity index (χ0v) is 11.4. The summed E-state index contributed by atoms with van der Waals surface area (Å²) in [6.45, 7) is 5.21. The van der Waals surface area contributed by atoms with E-state index in [0.29, 0.717) is 0 Å². The highest BCUT2D eigenvalue weighted by Gasteiger charge is 2.19. The maximum Gasteiger partial charge on any atom is 0.254 e. The number of benzene rings is 1. The van der Waals surface area contributed by atoms with E-state index in [1.807, 2.05) is 30.0 Å². The number of hydrogen-bond donors (Lipinski definition) is 1. The second-order valence-electron chi connectivity index (χ2n) is 4.88. The second kappa shape index (κ2) is 5.42. The minimum absolute atomic E-state index is 0.106. The Morgan fingerprint density at radius 3 is 2.75 bits per heavy atom. The molecule has 0 saturated carbocycles. The number of rotatable bonds is 2. The first kappa shape index (κ1) is 12.8. The van der Waals surface area contributed by atoms with Crippen molar-refractivity contribution >= 4 is 5.91 Å². The van der Waals surface area contributed by atoms with Crippen LogP contribution in [0.1, 0.15) is 15.9 Å². The van der Waals surface area contributed by atoms with Crippen LogP contribution in [0.5, 0.6) is 0 Å². The number of hydrogen-bond acceptors (Lipinski definition) is 4. The van der Waals surface area contributed by atoms with Crippen LogP contribution in [0.25, 0.3) is 5.69 Å². The van der Waals surface area contributed by atoms with Gasteiger partial charge in [0.05, 0.1) is 5.69 Å². The minimum atomic E-state index is 0.106. The summed E-state index contributed by atoms with van der Waals surface area (Å²) in [5, 5.41) is 7.34. The predicted molar refractivity (Wildman–Crippen MR) is 74.9 cm³/mol. The van der Waals surface area contributed by atoms with E-state index in [1.54, 1.807) is 11.0 Å². The Labute approximate surface area is 117 Å². The molecule has 20 heavy (non-hydrogen) atoms. The van der Waals surface area contributed by atoms with E-state index in [2.05, 4.69) is 15.4 Å². The highest BCUT2D eigenvalue weighted by atomic mass is 16.2. The van der Waals surface area contributed by atoms with Crippen molar-refractivity contribution in [1.29, 1.82) is 0 Å².